The molecule has 0 aromatic heterocycles. The van der Waals surface area contributed by atoms with Gasteiger partial charge in [-0.3, -0.25) is 0 Å². The molecule has 1 aromatic rings. The number of carbonyl (C=O) groups is 1. The molecule has 0 saturated heterocycles. The Morgan fingerprint density at radius 2 is 2.14 bits per heavy atom. The summed E-state index contributed by atoms with van der Waals surface area (Å²) in [5.74, 6) is -0.342. The number of benzene rings is 1. The molecular formula is C13H12ClN3O3S. The fraction of sp³-hybridized carbons (Fsp3) is 0.154. The Morgan fingerprint density at radius 3 is 2.71 bits per heavy atom. The SMILES string of the molecule is CCOC(=O)C(C(N)=S)=C1NN=C(c2ccc(Cl)cc2)O1. The lowest BCUT2D eigenvalue weighted by molar-refractivity contribution is -0.138. The highest BCUT2D eigenvalue weighted by atomic mass is 35.5. The first-order valence-electron chi connectivity index (χ1n) is 6.01. The maximum atomic E-state index is 11.8. The Hall–Kier alpha value is -2.12. The highest BCUT2D eigenvalue weighted by molar-refractivity contribution is 7.80. The fourth-order valence-electron chi connectivity index (χ4n) is 1.58. The van der Waals surface area contributed by atoms with Crippen LogP contribution in [-0.2, 0) is 14.3 Å². The predicted molar refractivity (Wildman–Crippen MR) is 82.7 cm³/mol. The summed E-state index contributed by atoms with van der Waals surface area (Å²) in [7, 11) is 0. The second kappa shape index (κ2) is 6.55. The summed E-state index contributed by atoms with van der Waals surface area (Å²) in [6.45, 7) is 1.88. The van der Waals surface area contributed by atoms with Crippen LogP contribution >= 0.6 is 23.8 Å². The number of esters is 1. The molecule has 0 bridgehead atoms. The number of halogens is 1. The van der Waals surface area contributed by atoms with Gasteiger partial charge in [0.2, 0.25) is 11.8 Å². The third kappa shape index (κ3) is 3.50. The quantitative estimate of drug-likeness (QED) is 0.497. The summed E-state index contributed by atoms with van der Waals surface area (Å²) in [6.07, 6.45) is 0. The smallest absolute Gasteiger partial charge is 0.346 e. The van der Waals surface area contributed by atoms with Crippen LogP contribution in [0.4, 0.5) is 0 Å². The van der Waals surface area contributed by atoms with Gasteiger partial charge < -0.3 is 15.2 Å². The number of thiocarbonyl (C=S) groups is 1. The minimum absolute atomic E-state index is 0.0471. The molecule has 1 aliphatic heterocycles. The summed E-state index contributed by atoms with van der Waals surface area (Å²) < 4.78 is 10.4. The molecule has 0 unspecified atom stereocenters. The monoisotopic (exact) mass is 325 g/mol. The van der Waals surface area contributed by atoms with Gasteiger partial charge in [-0.2, -0.15) is 0 Å². The second-order valence-electron chi connectivity index (χ2n) is 3.93. The number of hydrazone groups is 1. The van der Waals surface area contributed by atoms with E-state index in [2.05, 4.69) is 10.5 Å². The summed E-state index contributed by atoms with van der Waals surface area (Å²) >= 11 is 10.7. The van der Waals surface area contributed by atoms with Crippen LogP contribution in [0, 0.1) is 0 Å². The van der Waals surface area contributed by atoms with Gasteiger partial charge in [-0.15, -0.1) is 5.10 Å². The van der Waals surface area contributed by atoms with Crippen molar-refractivity contribution in [3.8, 4) is 0 Å². The van der Waals surface area contributed by atoms with Crippen molar-refractivity contribution < 1.29 is 14.3 Å². The van der Waals surface area contributed by atoms with Crippen molar-refractivity contribution in [3.05, 3.63) is 46.3 Å². The Kier molecular flexibility index (Phi) is 4.77. The van der Waals surface area contributed by atoms with E-state index in [-0.39, 0.29) is 28.9 Å². The van der Waals surface area contributed by atoms with E-state index in [1.54, 1.807) is 31.2 Å². The molecule has 0 radical (unpaired) electrons. The van der Waals surface area contributed by atoms with Gasteiger partial charge >= 0.3 is 5.97 Å². The number of rotatable bonds is 4. The van der Waals surface area contributed by atoms with Gasteiger partial charge in [0.05, 0.1) is 6.61 Å². The molecular weight excluding hydrogens is 314 g/mol. The van der Waals surface area contributed by atoms with Crippen molar-refractivity contribution in [2.75, 3.05) is 6.61 Å². The lowest BCUT2D eigenvalue weighted by Gasteiger charge is -2.08. The number of ether oxygens (including phenoxy) is 2. The summed E-state index contributed by atoms with van der Waals surface area (Å²) in [5, 5.41) is 4.58. The van der Waals surface area contributed by atoms with Crippen molar-refractivity contribution in [1.29, 1.82) is 0 Å². The van der Waals surface area contributed by atoms with E-state index in [1.165, 1.54) is 0 Å². The van der Waals surface area contributed by atoms with E-state index in [4.69, 9.17) is 39.0 Å². The largest absolute Gasteiger partial charge is 0.462 e. The summed E-state index contributed by atoms with van der Waals surface area (Å²) in [6, 6.07) is 6.86. The maximum absolute atomic E-state index is 11.8. The Morgan fingerprint density at radius 1 is 1.48 bits per heavy atom. The van der Waals surface area contributed by atoms with Gasteiger partial charge in [-0.05, 0) is 31.2 Å². The van der Waals surface area contributed by atoms with Gasteiger partial charge in [0.1, 0.15) is 4.99 Å². The molecule has 0 saturated carbocycles. The van der Waals surface area contributed by atoms with Crippen molar-refractivity contribution >= 4 is 40.7 Å². The molecule has 0 aliphatic carbocycles. The van der Waals surface area contributed by atoms with Gasteiger partial charge in [0.25, 0.3) is 0 Å². The van der Waals surface area contributed by atoms with E-state index in [9.17, 15) is 4.79 Å². The zero-order chi connectivity index (χ0) is 15.4. The minimum atomic E-state index is -0.667. The van der Waals surface area contributed by atoms with Crippen molar-refractivity contribution in [2.24, 2.45) is 10.8 Å². The highest BCUT2D eigenvalue weighted by Gasteiger charge is 2.26. The molecule has 0 amide bonds. The molecule has 0 atom stereocenters. The van der Waals surface area contributed by atoms with Gasteiger partial charge in [0, 0.05) is 10.6 Å². The maximum Gasteiger partial charge on any atom is 0.346 e. The molecule has 110 valence electrons. The molecule has 2 rings (SSSR count). The number of nitrogens with one attached hydrogen (secondary N) is 1. The Balaban J connectivity index is 2.25. The van der Waals surface area contributed by atoms with Crippen LogP contribution in [0.3, 0.4) is 0 Å². The normalized spacial score (nSPS) is 15.6. The van der Waals surface area contributed by atoms with E-state index >= 15 is 0 Å². The third-order valence-corrected chi connectivity index (χ3v) is 2.96. The minimum Gasteiger partial charge on any atom is -0.462 e. The van der Waals surface area contributed by atoms with Crippen molar-refractivity contribution in [3.63, 3.8) is 0 Å². The van der Waals surface area contributed by atoms with E-state index in [0.29, 0.717) is 10.6 Å². The Bertz CT molecular complexity index is 641. The van der Waals surface area contributed by atoms with E-state index < -0.39 is 5.97 Å². The molecule has 3 N–H and O–H groups in total. The lowest BCUT2D eigenvalue weighted by Crippen LogP contribution is -2.25. The highest BCUT2D eigenvalue weighted by Crippen LogP contribution is 2.17. The molecule has 0 fully saturated rings. The van der Waals surface area contributed by atoms with Crippen LogP contribution in [0.2, 0.25) is 5.02 Å². The predicted octanol–water partition coefficient (Wildman–Crippen LogP) is 1.68. The molecule has 8 heteroatoms. The zero-order valence-electron chi connectivity index (χ0n) is 11.1. The average molecular weight is 326 g/mol. The van der Waals surface area contributed by atoms with Crippen molar-refractivity contribution in [2.45, 2.75) is 6.92 Å². The second-order valence-corrected chi connectivity index (χ2v) is 4.80. The lowest BCUT2D eigenvalue weighted by atomic mass is 10.2. The van der Waals surface area contributed by atoms with E-state index in [0.717, 1.165) is 0 Å². The molecule has 6 nitrogen and oxygen atoms in total. The van der Waals surface area contributed by atoms with E-state index in [1.807, 2.05) is 0 Å². The first-order valence-corrected chi connectivity index (χ1v) is 6.80. The summed E-state index contributed by atoms with van der Waals surface area (Å²) in [4.78, 5) is 11.7. The topological polar surface area (TPSA) is 85.9 Å². The van der Waals surface area contributed by atoms with Crippen LogP contribution < -0.4 is 11.2 Å². The molecule has 0 spiro atoms. The molecule has 21 heavy (non-hydrogen) atoms. The number of hydrogen-bond donors (Lipinski definition) is 2. The first kappa shape index (κ1) is 15.3. The van der Waals surface area contributed by atoms with Crippen LogP contribution in [0.15, 0.2) is 40.8 Å². The molecule has 1 heterocycles. The van der Waals surface area contributed by atoms with Gasteiger partial charge in [-0.25, -0.2) is 10.2 Å². The van der Waals surface area contributed by atoms with Crippen LogP contribution in [0.1, 0.15) is 12.5 Å². The third-order valence-electron chi connectivity index (χ3n) is 2.50. The van der Waals surface area contributed by atoms with Crippen LogP contribution in [-0.4, -0.2) is 23.5 Å². The average Bonchev–Trinajstić information content (AvgIpc) is 2.89. The summed E-state index contributed by atoms with van der Waals surface area (Å²) in [5.41, 5.74) is 8.75. The standard InChI is InChI=1S/C13H12ClN3O3S/c1-2-19-13(18)9(10(15)21)12-17-16-11(20-12)7-3-5-8(14)6-4-7/h3-6,17H,2H2,1H3,(H2,15,21). The molecule has 1 aliphatic rings. The fourth-order valence-corrected chi connectivity index (χ4v) is 1.88. The number of nitrogens with two attached hydrogens (primary N) is 1. The first-order chi connectivity index (χ1) is 10.0. The van der Waals surface area contributed by atoms with Gasteiger partial charge in [-0.1, -0.05) is 23.8 Å². The molecule has 1 aromatic carbocycles. The van der Waals surface area contributed by atoms with Crippen LogP contribution in [0.5, 0.6) is 0 Å². The van der Waals surface area contributed by atoms with Crippen LogP contribution in [0.25, 0.3) is 0 Å². The zero-order valence-corrected chi connectivity index (χ0v) is 12.6. The number of carbonyl (C=O) groups excluding carboxylic acids is 1. The Labute approximate surface area is 131 Å². The number of nitrogens with zero attached hydrogens (tertiary/aromatic N) is 1. The van der Waals surface area contributed by atoms with Crippen molar-refractivity contribution in [1.82, 2.24) is 5.43 Å². The van der Waals surface area contributed by atoms with Gasteiger partial charge in [0.15, 0.2) is 5.57 Å². The number of hydrogen-bond acceptors (Lipinski definition) is 6.